The average Bonchev–Trinajstić information content (AvgIpc) is 2.63. The van der Waals surface area contributed by atoms with Gasteiger partial charge < -0.3 is 4.42 Å². The van der Waals surface area contributed by atoms with Crippen molar-refractivity contribution in [3.05, 3.63) is 35.5 Å². The van der Waals surface area contributed by atoms with Crippen LogP contribution in [0.3, 0.4) is 0 Å². The summed E-state index contributed by atoms with van der Waals surface area (Å²) in [6, 6.07) is 1.04. The number of aromatic nitrogens is 2. The lowest BCUT2D eigenvalue weighted by Crippen LogP contribution is -2.06. The van der Waals surface area contributed by atoms with Crippen LogP contribution < -0.4 is 0 Å². The maximum Gasteiger partial charge on any atom is 0.417 e. The summed E-state index contributed by atoms with van der Waals surface area (Å²) in [4.78, 5) is 7.65. The van der Waals surface area contributed by atoms with E-state index in [0.717, 1.165) is 12.3 Å². The van der Waals surface area contributed by atoms with Gasteiger partial charge in [-0.2, -0.15) is 13.2 Å². The van der Waals surface area contributed by atoms with Gasteiger partial charge in [-0.1, -0.05) is 0 Å². The van der Waals surface area contributed by atoms with Crippen LogP contribution in [-0.2, 0) is 6.18 Å². The molecule has 0 aliphatic heterocycles. The highest BCUT2D eigenvalue weighted by Gasteiger charge is 2.31. The molecule has 0 fully saturated rings. The molecule has 90 valence electrons. The second-order valence-electron chi connectivity index (χ2n) is 3.63. The number of oxazole rings is 1. The number of pyridine rings is 1. The maximum absolute atomic E-state index is 12.4. The molecule has 2 aromatic heterocycles. The molecule has 3 nitrogen and oxygen atoms in total. The number of nitrogens with zero attached hydrogens (tertiary/aromatic N) is 2. The lowest BCUT2D eigenvalue weighted by molar-refractivity contribution is -0.137. The molecule has 0 unspecified atom stereocenters. The van der Waals surface area contributed by atoms with E-state index in [1.54, 1.807) is 13.8 Å². The van der Waals surface area contributed by atoms with Crippen LogP contribution >= 0.6 is 0 Å². The molecule has 0 aliphatic rings. The van der Waals surface area contributed by atoms with Crippen LogP contribution in [-0.4, -0.2) is 9.97 Å². The summed E-state index contributed by atoms with van der Waals surface area (Å²) in [7, 11) is 0. The summed E-state index contributed by atoms with van der Waals surface area (Å²) in [6.07, 6.45) is -2.15. The molecule has 0 amide bonds. The first-order chi connectivity index (χ1) is 7.88. The van der Waals surface area contributed by atoms with Crippen molar-refractivity contribution in [2.24, 2.45) is 0 Å². The van der Waals surface area contributed by atoms with Crippen LogP contribution in [0.25, 0.3) is 11.5 Å². The van der Waals surface area contributed by atoms with Crippen LogP contribution in [0.1, 0.15) is 17.0 Å². The molecular formula is C11H9F3N2O. The summed E-state index contributed by atoms with van der Waals surface area (Å²) < 4.78 is 42.5. The van der Waals surface area contributed by atoms with Gasteiger partial charge in [0.25, 0.3) is 0 Å². The Morgan fingerprint density at radius 1 is 1.12 bits per heavy atom. The highest BCUT2D eigenvalue weighted by molar-refractivity contribution is 5.56. The molecule has 0 N–H and O–H groups in total. The first-order valence-corrected chi connectivity index (χ1v) is 4.84. The van der Waals surface area contributed by atoms with E-state index in [4.69, 9.17) is 4.42 Å². The number of halogens is 3. The third-order valence-corrected chi connectivity index (χ3v) is 2.26. The van der Waals surface area contributed by atoms with Crippen molar-refractivity contribution in [2.45, 2.75) is 20.0 Å². The van der Waals surface area contributed by atoms with Crippen LogP contribution in [0.2, 0.25) is 0 Å². The van der Waals surface area contributed by atoms with E-state index in [2.05, 4.69) is 9.97 Å². The van der Waals surface area contributed by atoms with Crippen molar-refractivity contribution in [3.63, 3.8) is 0 Å². The molecule has 17 heavy (non-hydrogen) atoms. The minimum absolute atomic E-state index is 0.369. The van der Waals surface area contributed by atoms with Gasteiger partial charge in [-0.25, -0.2) is 4.98 Å². The molecule has 0 aliphatic carbocycles. The summed E-state index contributed by atoms with van der Waals surface area (Å²) in [6.45, 7) is 3.21. The van der Waals surface area contributed by atoms with Crippen LogP contribution in [0, 0.1) is 13.8 Å². The Bertz CT molecular complexity index is 546. The topological polar surface area (TPSA) is 38.9 Å². The van der Waals surface area contributed by atoms with Gasteiger partial charge in [-0.15, -0.1) is 0 Å². The van der Waals surface area contributed by atoms with Crippen molar-refractivity contribution in [3.8, 4) is 11.5 Å². The quantitative estimate of drug-likeness (QED) is 0.769. The van der Waals surface area contributed by atoms with Crippen LogP contribution in [0.15, 0.2) is 22.9 Å². The molecule has 0 saturated heterocycles. The van der Waals surface area contributed by atoms with E-state index < -0.39 is 11.7 Å². The van der Waals surface area contributed by atoms with E-state index in [-0.39, 0.29) is 0 Å². The van der Waals surface area contributed by atoms with E-state index in [1.807, 2.05) is 0 Å². The summed E-state index contributed by atoms with van der Waals surface area (Å²) in [5.41, 5.74) is 0.00422. The second-order valence-corrected chi connectivity index (χ2v) is 3.63. The van der Waals surface area contributed by atoms with Gasteiger partial charge in [0.15, 0.2) is 11.7 Å². The fraction of sp³-hybridized carbons (Fsp3) is 0.273. The normalized spacial score (nSPS) is 11.8. The largest absolute Gasteiger partial charge is 0.439 e. The molecule has 0 spiro atoms. The smallest absolute Gasteiger partial charge is 0.417 e. The monoisotopic (exact) mass is 242 g/mol. The first kappa shape index (κ1) is 11.6. The fourth-order valence-electron chi connectivity index (χ4n) is 1.46. The maximum atomic E-state index is 12.4. The molecule has 0 aromatic carbocycles. The highest BCUT2D eigenvalue weighted by atomic mass is 19.4. The van der Waals surface area contributed by atoms with E-state index in [9.17, 15) is 13.2 Å². The van der Waals surface area contributed by atoms with Gasteiger partial charge in [-0.05, 0) is 18.6 Å². The minimum atomic E-state index is -4.38. The summed E-state index contributed by atoms with van der Waals surface area (Å²) in [5.74, 6) is 0.815. The number of hydrogen-bond acceptors (Lipinski definition) is 3. The molecule has 0 bridgehead atoms. The minimum Gasteiger partial charge on any atom is -0.439 e. The van der Waals surface area contributed by atoms with Gasteiger partial charge in [0, 0.05) is 13.1 Å². The lowest BCUT2D eigenvalue weighted by Gasteiger charge is -2.08. The highest BCUT2D eigenvalue weighted by Crippen LogP contribution is 2.31. The Balaban J connectivity index is 2.45. The van der Waals surface area contributed by atoms with Gasteiger partial charge in [0.05, 0.1) is 11.8 Å². The van der Waals surface area contributed by atoms with Crippen LogP contribution in [0.4, 0.5) is 13.2 Å². The van der Waals surface area contributed by atoms with Gasteiger partial charge in [0.1, 0.15) is 5.69 Å². The van der Waals surface area contributed by atoms with Gasteiger partial charge in [-0.3, -0.25) is 4.98 Å². The molecule has 2 rings (SSSR count). The number of hydrogen-bond donors (Lipinski definition) is 0. The van der Waals surface area contributed by atoms with Gasteiger partial charge >= 0.3 is 6.18 Å². The van der Waals surface area contributed by atoms with Crippen molar-refractivity contribution in [2.75, 3.05) is 0 Å². The van der Waals surface area contributed by atoms with E-state index >= 15 is 0 Å². The standard InChI is InChI=1S/C11H9F3N2O/c1-6-3-8(11(12,13)14)4-16-10(6)9-5-15-7(2)17-9/h3-5H,1-2H3. The molecule has 0 atom stereocenters. The second kappa shape index (κ2) is 3.87. The predicted octanol–water partition coefficient (Wildman–Crippen LogP) is 3.37. The zero-order valence-electron chi connectivity index (χ0n) is 9.17. The van der Waals surface area contributed by atoms with Gasteiger partial charge in [0.2, 0.25) is 0 Å². The molecule has 2 aromatic rings. The average molecular weight is 242 g/mol. The Kier molecular flexibility index (Phi) is 2.65. The first-order valence-electron chi connectivity index (χ1n) is 4.84. The third kappa shape index (κ3) is 2.30. The molecular weight excluding hydrogens is 233 g/mol. The Morgan fingerprint density at radius 2 is 1.82 bits per heavy atom. The molecule has 0 radical (unpaired) electrons. The molecule has 6 heteroatoms. The zero-order valence-corrected chi connectivity index (χ0v) is 9.17. The van der Waals surface area contributed by atoms with Crippen molar-refractivity contribution in [1.82, 2.24) is 9.97 Å². The van der Waals surface area contributed by atoms with Crippen molar-refractivity contribution in [1.29, 1.82) is 0 Å². The van der Waals surface area contributed by atoms with Crippen molar-refractivity contribution >= 4 is 0 Å². The number of alkyl halides is 3. The Morgan fingerprint density at radius 3 is 2.29 bits per heavy atom. The SMILES string of the molecule is Cc1ncc(-c2ncc(C(F)(F)F)cc2C)o1. The predicted molar refractivity (Wildman–Crippen MR) is 54.2 cm³/mol. The summed E-state index contributed by atoms with van der Waals surface area (Å²) >= 11 is 0. The number of rotatable bonds is 1. The Labute approximate surface area is 95.3 Å². The number of aryl methyl sites for hydroxylation is 2. The molecule has 0 saturated carbocycles. The third-order valence-electron chi connectivity index (χ3n) is 2.26. The van der Waals surface area contributed by atoms with E-state index in [1.165, 1.54) is 6.20 Å². The zero-order chi connectivity index (χ0) is 12.6. The summed E-state index contributed by atoms with van der Waals surface area (Å²) in [5, 5.41) is 0. The lowest BCUT2D eigenvalue weighted by atomic mass is 10.1. The fourth-order valence-corrected chi connectivity index (χ4v) is 1.46. The molecule has 2 heterocycles. The van der Waals surface area contributed by atoms with E-state index in [0.29, 0.717) is 22.9 Å². The van der Waals surface area contributed by atoms with Crippen LogP contribution in [0.5, 0.6) is 0 Å². The van der Waals surface area contributed by atoms with Crippen molar-refractivity contribution < 1.29 is 17.6 Å². The Hall–Kier alpha value is -1.85.